The number of aryl methyl sites for hydroxylation is 1. The summed E-state index contributed by atoms with van der Waals surface area (Å²) in [6.45, 7) is 6.03. The van der Waals surface area contributed by atoms with Crippen LogP contribution in [-0.4, -0.2) is 37.6 Å². The van der Waals surface area contributed by atoms with Crippen LogP contribution in [0.15, 0.2) is 77.6 Å². The third-order valence-corrected chi connectivity index (χ3v) is 8.95. The summed E-state index contributed by atoms with van der Waals surface area (Å²) in [5.41, 5.74) is 3.37. The van der Waals surface area contributed by atoms with Crippen LogP contribution in [0.5, 0.6) is 0 Å². The Kier molecular flexibility index (Phi) is 8.62. The molecule has 0 unspecified atom stereocenters. The molecule has 1 saturated carbocycles. The summed E-state index contributed by atoms with van der Waals surface area (Å²) in [6, 6.07) is 23.7. The van der Waals surface area contributed by atoms with E-state index in [2.05, 4.69) is 34.6 Å². The van der Waals surface area contributed by atoms with Gasteiger partial charge in [0.15, 0.2) is 0 Å². The quantitative estimate of drug-likeness (QED) is 0.215. The highest BCUT2D eigenvalue weighted by molar-refractivity contribution is 7.99. The molecular formula is C32H34ClN3O3S. The first-order valence-corrected chi connectivity index (χ1v) is 15.1. The highest BCUT2D eigenvalue weighted by Crippen LogP contribution is 2.42. The Balaban J connectivity index is 1.26. The van der Waals surface area contributed by atoms with Crippen molar-refractivity contribution in [1.82, 2.24) is 15.0 Å². The highest BCUT2D eigenvalue weighted by atomic mass is 35.5. The zero-order valence-electron chi connectivity index (χ0n) is 23.0. The second kappa shape index (κ2) is 12.1. The third kappa shape index (κ3) is 6.76. The number of nitrogens with zero attached hydrogens (tertiary/aromatic N) is 3. The van der Waals surface area contributed by atoms with E-state index < -0.39 is 5.60 Å². The number of esters is 1. The molecule has 0 N–H and O–H groups in total. The molecule has 40 heavy (non-hydrogen) atoms. The highest BCUT2D eigenvalue weighted by Gasteiger charge is 2.43. The van der Waals surface area contributed by atoms with Crippen molar-refractivity contribution in [2.45, 2.75) is 57.4 Å². The van der Waals surface area contributed by atoms with E-state index in [0.29, 0.717) is 17.4 Å². The number of ether oxygens (including phenoxy) is 1. The maximum Gasteiger partial charge on any atom is 0.310 e. The molecule has 0 amide bonds. The lowest BCUT2D eigenvalue weighted by atomic mass is 9.95. The lowest BCUT2D eigenvalue weighted by molar-refractivity contribution is -0.161. The van der Waals surface area contributed by atoms with E-state index in [9.17, 15) is 9.59 Å². The first kappa shape index (κ1) is 28.4. The van der Waals surface area contributed by atoms with Gasteiger partial charge in [0.05, 0.1) is 17.8 Å². The summed E-state index contributed by atoms with van der Waals surface area (Å²) >= 11 is 7.85. The Morgan fingerprint density at radius 2 is 1.68 bits per heavy atom. The third-order valence-electron chi connectivity index (χ3n) is 7.30. The fourth-order valence-corrected chi connectivity index (χ4v) is 6.97. The van der Waals surface area contributed by atoms with Crippen LogP contribution in [0.2, 0.25) is 5.02 Å². The largest absolute Gasteiger partial charge is 0.460 e. The van der Waals surface area contributed by atoms with Crippen molar-refractivity contribution < 1.29 is 9.53 Å². The Morgan fingerprint density at radius 1 is 1.00 bits per heavy atom. The average molecular weight is 576 g/mol. The van der Waals surface area contributed by atoms with Gasteiger partial charge in [-0.15, -0.1) is 5.10 Å². The molecule has 1 aromatic heterocycles. The number of hydrogen-bond donors (Lipinski definition) is 0. The summed E-state index contributed by atoms with van der Waals surface area (Å²) in [4.78, 5) is 26.5. The van der Waals surface area contributed by atoms with Gasteiger partial charge in [0.25, 0.3) is 5.56 Å². The Bertz CT molecular complexity index is 1530. The summed E-state index contributed by atoms with van der Waals surface area (Å²) in [7, 11) is 0. The molecular weight excluding hydrogens is 542 g/mol. The van der Waals surface area contributed by atoms with E-state index in [1.807, 2.05) is 68.9 Å². The Hall–Kier alpha value is -3.16. The van der Waals surface area contributed by atoms with Crippen molar-refractivity contribution in [3.05, 3.63) is 93.7 Å². The number of benzene rings is 3. The van der Waals surface area contributed by atoms with E-state index in [-0.39, 0.29) is 28.6 Å². The molecule has 0 bridgehead atoms. The Morgan fingerprint density at radius 3 is 2.38 bits per heavy atom. The van der Waals surface area contributed by atoms with Crippen LogP contribution in [0.25, 0.3) is 22.0 Å². The van der Waals surface area contributed by atoms with Crippen LogP contribution in [-0.2, 0) is 22.5 Å². The lowest BCUT2D eigenvalue weighted by Gasteiger charge is -2.28. The zero-order chi connectivity index (χ0) is 28.3. The van der Waals surface area contributed by atoms with E-state index in [4.69, 9.17) is 16.3 Å². The van der Waals surface area contributed by atoms with Gasteiger partial charge < -0.3 is 4.74 Å². The van der Waals surface area contributed by atoms with Gasteiger partial charge in [-0.25, -0.2) is 4.68 Å². The molecule has 208 valence electrons. The fourth-order valence-electron chi connectivity index (χ4n) is 5.35. The molecule has 1 fully saturated rings. The number of aromatic nitrogens is 3. The molecule has 0 spiro atoms. The summed E-state index contributed by atoms with van der Waals surface area (Å²) in [5.74, 6) is 0.352. The van der Waals surface area contributed by atoms with Crippen LogP contribution >= 0.6 is 23.4 Å². The second-order valence-electron chi connectivity index (χ2n) is 11.4. The van der Waals surface area contributed by atoms with Crippen molar-refractivity contribution in [2.75, 3.05) is 5.75 Å². The van der Waals surface area contributed by atoms with E-state index in [1.54, 1.807) is 12.1 Å². The Labute approximate surface area is 244 Å². The normalized spacial score (nSPS) is 19.1. The van der Waals surface area contributed by atoms with Gasteiger partial charge in [-0.2, -0.15) is 11.8 Å². The summed E-state index contributed by atoms with van der Waals surface area (Å²) < 4.78 is 7.28. The molecule has 1 aliphatic carbocycles. The molecule has 8 heteroatoms. The van der Waals surface area contributed by atoms with Crippen molar-refractivity contribution in [1.29, 1.82) is 0 Å². The van der Waals surface area contributed by atoms with Gasteiger partial charge in [0.2, 0.25) is 0 Å². The number of thioether (sulfide) groups is 1. The van der Waals surface area contributed by atoms with Gasteiger partial charge in [0, 0.05) is 10.3 Å². The van der Waals surface area contributed by atoms with Gasteiger partial charge >= 0.3 is 5.97 Å². The SMILES string of the molecule is CC(C)(C)OC(=O)[C@H]1[C@H](Cn2nnc3ccccc3c2=O)CC[C@@H]1SCCc1ccc(-c2ccc(Cl)cc2)cc1. The van der Waals surface area contributed by atoms with Crippen molar-refractivity contribution in [3.8, 4) is 11.1 Å². The molecule has 0 radical (unpaired) electrons. The topological polar surface area (TPSA) is 74.1 Å². The van der Waals surface area contributed by atoms with Gasteiger partial charge in [-0.05, 0) is 92.7 Å². The molecule has 6 nitrogen and oxygen atoms in total. The fraction of sp³-hybridized carbons (Fsp3) is 0.375. The molecule has 3 atom stereocenters. The van der Waals surface area contributed by atoms with E-state index >= 15 is 0 Å². The molecule has 0 aliphatic heterocycles. The van der Waals surface area contributed by atoms with Gasteiger partial charge in [0.1, 0.15) is 11.1 Å². The van der Waals surface area contributed by atoms with Crippen LogP contribution in [0.3, 0.4) is 0 Å². The average Bonchev–Trinajstić information content (AvgIpc) is 3.33. The van der Waals surface area contributed by atoms with Crippen LogP contribution in [0.4, 0.5) is 0 Å². The monoisotopic (exact) mass is 575 g/mol. The molecule has 4 aromatic rings. The second-order valence-corrected chi connectivity index (χ2v) is 13.1. The van der Waals surface area contributed by atoms with Crippen molar-refractivity contribution in [3.63, 3.8) is 0 Å². The molecule has 1 aliphatic rings. The predicted octanol–water partition coefficient (Wildman–Crippen LogP) is 6.82. The van der Waals surface area contributed by atoms with E-state index in [0.717, 1.165) is 41.2 Å². The van der Waals surface area contributed by atoms with Gasteiger partial charge in [-0.1, -0.05) is 65.3 Å². The molecule has 0 saturated heterocycles. The molecule has 1 heterocycles. The maximum atomic E-state index is 13.4. The van der Waals surface area contributed by atoms with E-state index in [1.165, 1.54) is 10.2 Å². The lowest BCUT2D eigenvalue weighted by Crippen LogP contribution is -2.37. The smallest absolute Gasteiger partial charge is 0.310 e. The predicted molar refractivity (Wildman–Crippen MR) is 163 cm³/mol. The summed E-state index contributed by atoms with van der Waals surface area (Å²) in [6.07, 6.45) is 2.63. The number of halogens is 1. The minimum Gasteiger partial charge on any atom is -0.460 e. The van der Waals surface area contributed by atoms with Crippen LogP contribution in [0.1, 0.15) is 39.2 Å². The van der Waals surface area contributed by atoms with Crippen LogP contribution in [0, 0.1) is 11.8 Å². The van der Waals surface area contributed by atoms with Crippen LogP contribution < -0.4 is 5.56 Å². The number of carbonyl (C=O) groups excluding carboxylic acids is 1. The number of fused-ring (bicyclic) bond motifs is 1. The van der Waals surface area contributed by atoms with Crippen molar-refractivity contribution >= 4 is 40.2 Å². The standard InChI is InChI=1S/C32H34ClN3O3S/c1-32(2,3)39-31(38)29-24(20-36-30(37)26-6-4-5-7-27(26)34-35-36)14-17-28(29)40-19-18-21-8-10-22(11-9-21)23-12-15-25(33)16-13-23/h4-13,15-16,24,28-29H,14,17-20H2,1-3H3/t24-,28-,29-/m0/s1. The maximum absolute atomic E-state index is 13.4. The first-order valence-electron chi connectivity index (χ1n) is 13.7. The number of hydrogen-bond acceptors (Lipinski definition) is 6. The number of rotatable bonds is 8. The molecule has 5 rings (SSSR count). The van der Waals surface area contributed by atoms with Crippen molar-refractivity contribution in [2.24, 2.45) is 11.8 Å². The molecule has 3 aromatic carbocycles. The zero-order valence-corrected chi connectivity index (χ0v) is 24.6. The summed E-state index contributed by atoms with van der Waals surface area (Å²) in [5, 5.41) is 9.81. The minimum atomic E-state index is -0.579. The van der Waals surface area contributed by atoms with Gasteiger partial charge in [-0.3, -0.25) is 9.59 Å². The first-order chi connectivity index (χ1) is 19.2. The number of carbonyl (C=O) groups is 1. The minimum absolute atomic E-state index is 0.0424.